The Hall–Kier alpha value is -5.33. The molecule has 3 atom stereocenters. The first-order valence-corrected chi connectivity index (χ1v) is 16.8. The van der Waals surface area contributed by atoms with Crippen LogP contribution >= 0.6 is 0 Å². The fourth-order valence-electron chi connectivity index (χ4n) is 7.06. The van der Waals surface area contributed by atoms with E-state index in [9.17, 15) is 18.7 Å². The number of nitrogens with zero attached hydrogens (tertiary/aromatic N) is 7. The molecule has 0 unspecified atom stereocenters. The third kappa shape index (κ3) is 5.78. The van der Waals surface area contributed by atoms with Gasteiger partial charge in [-0.25, -0.2) is 28.5 Å². The lowest BCUT2D eigenvalue weighted by Crippen LogP contribution is -2.68. The summed E-state index contributed by atoms with van der Waals surface area (Å²) in [6, 6.07) is 9.57. The number of aromatic nitrogens is 5. The molecule has 8 rings (SSSR count). The van der Waals surface area contributed by atoms with Crippen molar-refractivity contribution in [3.8, 4) is 17.7 Å². The van der Waals surface area contributed by atoms with E-state index in [1.807, 2.05) is 30.7 Å². The summed E-state index contributed by atoms with van der Waals surface area (Å²) < 4.78 is 54.3. The lowest BCUT2D eigenvalue weighted by Gasteiger charge is -2.53. The molecular weight excluding hydrogens is 664 g/mol. The van der Waals surface area contributed by atoms with Crippen molar-refractivity contribution in [3.05, 3.63) is 65.9 Å². The zero-order chi connectivity index (χ0) is 35.4. The average Bonchev–Trinajstić information content (AvgIpc) is 3.84. The molecule has 0 aliphatic carbocycles. The van der Waals surface area contributed by atoms with Gasteiger partial charge in [0.05, 0.1) is 38.6 Å². The molecule has 15 heteroatoms. The Labute approximate surface area is 291 Å². The Kier molecular flexibility index (Phi) is 8.23. The summed E-state index contributed by atoms with van der Waals surface area (Å²) in [7, 11) is 0. The molecule has 3 aliphatic rings. The Morgan fingerprint density at radius 2 is 1.96 bits per heavy atom. The number of pyridine rings is 1. The van der Waals surface area contributed by atoms with Gasteiger partial charge in [-0.15, -0.1) is 0 Å². The van der Waals surface area contributed by atoms with Crippen LogP contribution in [0.25, 0.3) is 22.1 Å². The predicted octanol–water partition coefficient (Wildman–Crippen LogP) is 4.99. The summed E-state index contributed by atoms with van der Waals surface area (Å²) >= 11 is 0. The number of ether oxygens (including phenoxy) is 3. The molecule has 0 saturated carbocycles. The molecule has 0 amide bonds. The van der Waals surface area contributed by atoms with E-state index in [2.05, 4.69) is 38.7 Å². The smallest absolute Gasteiger partial charge is 0.326 e. The number of rotatable bonds is 7. The van der Waals surface area contributed by atoms with E-state index >= 15 is 0 Å². The third-order valence-corrected chi connectivity index (χ3v) is 9.79. The van der Waals surface area contributed by atoms with Crippen molar-refractivity contribution in [2.45, 2.75) is 63.4 Å². The first-order chi connectivity index (χ1) is 24.6. The van der Waals surface area contributed by atoms with Crippen LogP contribution in [0.5, 0.6) is 5.88 Å². The average molecular weight is 700 g/mol. The van der Waals surface area contributed by atoms with Gasteiger partial charge in [-0.1, -0.05) is 18.1 Å². The highest BCUT2D eigenvalue weighted by Crippen LogP contribution is 2.41. The third-order valence-electron chi connectivity index (χ3n) is 9.79. The van der Waals surface area contributed by atoms with Crippen LogP contribution in [0.1, 0.15) is 56.7 Å². The van der Waals surface area contributed by atoms with E-state index in [0.29, 0.717) is 48.6 Å². The molecule has 4 aromatic heterocycles. The molecule has 5 aromatic rings. The number of hydrogen-bond acceptors (Lipinski definition) is 11. The van der Waals surface area contributed by atoms with Crippen molar-refractivity contribution in [3.63, 3.8) is 0 Å². The molecule has 0 bridgehead atoms. The minimum atomic E-state index is -2.99. The first-order valence-electron chi connectivity index (χ1n) is 16.8. The van der Waals surface area contributed by atoms with Gasteiger partial charge in [0, 0.05) is 36.2 Å². The highest BCUT2D eigenvalue weighted by Gasteiger charge is 2.50. The number of morpholine rings is 1. The normalized spacial score (nSPS) is 21.4. The van der Waals surface area contributed by atoms with Crippen LogP contribution in [0.4, 0.5) is 20.3 Å². The summed E-state index contributed by atoms with van der Waals surface area (Å²) in [6.45, 7) is 8.07. The van der Waals surface area contributed by atoms with Gasteiger partial charge in [-0.05, 0) is 51.0 Å². The fraction of sp³-hybridized carbons (Fsp3) is 0.417. The number of carbonyl (C=O) groups is 1. The van der Waals surface area contributed by atoms with Gasteiger partial charge in [0.1, 0.15) is 40.2 Å². The van der Waals surface area contributed by atoms with E-state index in [-0.39, 0.29) is 47.8 Å². The molecule has 1 aromatic carbocycles. The molecule has 264 valence electrons. The molecule has 1 spiro atoms. The maximum absolute atomic E-state index is 14.1. The monoisotopic (exact) mass is 699 g/mol. The van der Waals surface area contributed by atoms with E-state index in [0.717, 1.165) is 5.69 Å². The summed E-state index contributed by atoms with van der Waals surface area (Å²) in [5.41, 5.74) is 2.35. The topological polar surface area (TPSA) is 141 Å². The second-order valence-electron chi connectivity index (χ2n) is 13.3. The minimum absolute atomic E-state index is 0.0150. The number of halogens is 2. The van der Waals surface area contributed by atoms with Crippen LogP contribution in [0.2, 0.25) is 0 Å². The van der Waals surface area contributed by atoms with Crippen molar-refractivity contribution >= 4 is 39.5 Å². The largest absolute Gasteiger partial charge is 0.480 e. The summed E-state index contributed by atoms with van der Waals surface area (Å²) in [4.78, 5) is 29.2. The lowest BCUT2D eigenvalue weighted by molar-refractivity contribution is -0.228. The number of aliphatic carboxylic acids is 1. The molecule has 13 nitrogen and oxygen atoms in total. The summed E-state index contributed by atoms with van der Waals surface area (Å²) in [5.74, 6) is 4.80. The lowest BCUT2D eigenvalue weighted by atomic mass is 9.90. The number of hydrogen-bond donors (Lipinski definition) is 1. The number of para-hydroxylation sites is 1. The molecule has 0 radical (unpaired) electrons. The summed E-state index contributed by atoms with van der Waals surface area (Å²) in [5, 5.41) is 15.2. The fourth-order valence-corrected chi connectivity index (χ4v) is 7.06. The van der Waals surface area contributed by atoms with Crippen molar-refractivity contribution in [1.29, 1.82) is 0 Å². The van der Waals surface area contributed by atoms with E-state index in [4.69, 9.17) is 23.6 Å². The van der Waals surface area contributed by atoms with Gasteiger partial charge in [-0.2, -0.15) is 5.10 Å². The number of alkyl halides is 2. The van der Waals surface area contributed by atoms with Gasteiger partial charge in [0.25, 0.3) is 6.43 Å². The Morgan fingerprint density at radius 3 is 2.71 bits per heavy atom. The number of fused-ring (bicyclic) bond motifs is 3. The minimum Gasteiger partial charge on any atom is -0.480 e. The molecule has 3 fully saturated rings. The number of carboxylic acids is 1. The van der Waals surface area contributed by atoms with Crippen molar-refractivity contribution in [2.75, 3.05) is 42.7 Å². The first kappa shape index (κ1) is 32.9. The second-order valence-corrected chi connectivity index (χ2v) is 13.3. The molecule has 51 heavy (non-hydrogen) atoms. The zero-order valence-corrected chi connectivity index (χ0v) is 28.1. The Bertz CT molecular complexity index is 2190. The van der Waals surface area contributed by atoms with E-state index < -0.39 is 36.0 Å². The highest BCUT2D eigenvalue weighted by molar-refractivity contribution is 6.06. The zero-order valence-electron chi connectivity index (χ0n) is 28.1. The van der Waals surface area contributed by atoms with Gasteiger partial charge in [-0.3, -0.25) is 4.68 Å². The highest BCUT2D eigenvalue weighted by atomic mass is 19.3. The molecule has 1 N–H and O–H groups in total. The van der Waals surface area contributed by atoms with Crippen LogP contribution < -0.4 is 14.5 Å². The SMILES string of the molecule is CC(C)n1nccc1C#Cc1cnc(O[C@H]2C[C@@H](C(=O)O)N(c3nc(C(F)F)nc4c3oc3ccccc34)C2)c(N2CCOC3(COC3)[C@@H]2C)c1. The second kappa shape index (κ2) is 12.8. The van der Waals surface area contributed by atoms with Crippen molar-refractivity contribution in [2.24, 2.45) is 0 Å². The van der Waals surface area contributed by atoms with E-state index in [1.54, 1.807) is 36.7 Å². The van der Waals surface area contributed by atoms with Crippen molar-refractivity contribution < 1.29 is 37.3 Å². The maximum Gasteiger partial charge on any atom is 0.326 e. The maximum atomic E-state index is 14.1. The Balaban J connectivity index is 1.16. The summed E-state index contributed by atoms with van der Waals surface area (Å²) in [6.07, 6.45) is -0.322. The number of carboxylic acid groups (broad SMARTS) is 1. The number of furan rings is 1. The quantitative estimate of drug-likeness (QED) is 0.229. The number of benzene rings is 1. The van der Waals surface area contributed by atoms with Gasteiger partial charge in [0.15, 0.2) is 17.2 Å². The van der Waals surface area contributed by atoms with Gasteiger partial charge in [0.2, 0.25) is 5.88 Å². The predicted molar refractivity (Wildman–Crippen MR) is 181 cm³/mol. The van der Waals surface area contributed by atoms with Crippen LogP contribution in [0, 0.1) is 11.8 Å². The molecule has 3 saturated heterocycles. The molecule has 3 aliphatic heterocycles. The van der Waals surface area contributed by atoms with Crippen LogP contribution in [0.3, 0.4) is 0 Å². The van der Waals surface area contributed by atoms with Crippen LogP contribution in [-0.2, 0) is 14.3 Å². The number of anilines is 2. The van der Waals surface area contributed by atoms with E-state index in [1.165, 1.54) is 4.90 Å². The van der Waals surface area contributed by atoms with Gasteiger partial charge < -0.3 is 33.5 Å². The standard InChI is InChI=1S/C36H35F2N7O6/c1-20(2)45-23(10-11-40-45)9-8-22-14-26(43-12-13-49-36(21(43)3)18-48-19-36)34(39-16-22)50-24-15-27(35(46)47)44(17-24)33-30-29(41-32(42-33)31(37)38)25-6-4-5-7-28(25)51-30/h4-7,10-11,14,16,20-21,24,27,31H,12-13,15,17-19H2,1-3H3,(H,46,47)/t21-,24-,27-/m0/s1. The molecular formula is C36H35F2N7O6. The van der Waals surface area contributed by atoms with Crippen LogP contribution in [0.15, 0.2) is 53.2 Å². The molecule has 7 heterocycles. The van der Waals surface area contributed by atoms with Crippen molar-refractivity contribution in [1.82, 2.24) is 24.7 Å². The van der Waals surface area contributed by atoms with Crippen LogP contribution in [-0.4, -0.2) is 92.5 Å². The van der Waals surface area contributed by atoms with Gasteiger partial charge >= 0.3 is 5.97 Å². The Morgan fingerprint density at radius 1 is 1.14 bits per heavy atom.